The number of fused-ring (bicyclic) bond motifs is 4. The minimum Gasteiger partial charge on any atom is -0.467 e. The summed E-state index contributed by atoms with van der Waals surface area (Å²) in [7, 11) is 0. The molecule has 2 heterocycles. The fraction of sp³-hybridized carbons (Fsp3) is 0.300. The van der Waals surface area contributed by atoms with Crippen molar-refractivity contribution in [2.24, 2.45) is 5.92 Å². The lowest BCUT2D eigenvalue weighted by Crippen LogP contribution is -2.71. The van der Waals surface area contributed by atoms with Crippen LogP contribution in [0.1, 0.15) is 25.5 Å². The minimum absolute atomic E-state index is 0.145. The molecule has 2 aromatic carbocycles. The summed E-state index contributed by atoms with van der Waals surface area (Å²) in [6, 6.07) is 12.6. The zero-order chi connectivity index (χ0) is 20.1. The summed E-state index contributed by atoms with van der Waals surface area (Å²) in [4.78, 5) is 15.3. The monoisotopic (exact) mass is 479 g/mol. The molecule has 1 saturated heterocycles. The Kier molecular flexibility index (Phi) is 5.02. The molecule has 1 fully saturated rings. The van der Waals surface area contributed by atoms with Gasteiger partial charge in [0.2, 0.25) is 5.91 Å². The van der Waals surface area contributed by atoms with Gasteiger partial charge in [-0.15, -0.1) is 0 Å². The number of halogens is 2. The van der Waals surface area contributed by atoms with Crippen molar-refractivity contribution in [3.63, 3.8) is 0 Å². The third-order valence-corrected chi connectivity index (χ3v) is 6.39. The second-order valence-electron chi connectivity index (χ2n) is 6.98. The first-order chi connectivity index (χ1) is 13.3. The van der Waals surface area contributed by atoms with E-state index in [2.05, 4.69) is 26.6 Å². The largest absolute Gasteiger partial charge is 0.467 e. The maximum Gasteiger partial charge on any atom is 0.236 e. The summed E-state index contributed by atoms with van der Waals surface area (Å²) in [6.45, 7) is 4.54. The maximum atomic E-state index is 13.4. The number of hydrogen-bond donors (Lipinski definition) is 2. The standard InChI is InChI=1S/C20H19BrClN3O2S/c1-3-25-19(28)24-17-14-10-11(21)4-9-15(14)27-20(25,2)16(17)18(26)23-13-7-5-12(22)6-8-13/h4-10,16-17H,3H2,1-2H3,(H,23,26)(H,24,28). The van der Waals surface area contributed by atoms with E-state index in [0.717, 1.165) is 15.8 Å². The number of hydrogen-bond acceptors (Lipinski definition) is 3. The van der Waals surface area contributed by atoms with Crippen LogP contribution in [0.25, 0.3) is 0 Å². The topological polar surface area (TPSA) is 53.6 Å². The smallest absolute Gasteiger partial charge is 0.236 e. The van der Waals surface area contributed by atoms with Gasteiger partial charge in [0.15, 0.2) is 10.8 Å². The van der Waals surface area contributed by atoms with Gasteiger partial charge >= 0.3 is 0 Å². The molecule has 8 heteroatoms. The van der Waals surface area contributed by atoms with E-state index in [1.54, 1.807) is 24.3 Å². The van der Waals surface area contributed by atoms with Crippen LogP contribution in [-0.2, 0) is 4.79 Å². The summed E-state index contributed by atoms with van der Waals surface area (Å²) in [5, 5.41) is 7.55. The third-order valence-electron chi connectivity index (χ3n) is 5.30. The van der Waals surface area contributed by atoms with E-state index in [1.165, 1.54) is 0 Å². The molecule has 2 N–H and O–H groups in total. The van der Waals surface area contributed by atoms with Crippen LogP contribution >= 0.6 is 39.7 Å². The summed E-state index contributed by atoms with van der Waals surface area (Å²) in [5.74, 6) is 0.0882. The Morgan fingerprint density at radius 3 is 2.75 bits per heavy atom. The van der Waals surface area contributed by atoms with Crippen molar-refractivity contribution in [1.29, 1.82) is 0 Å². The molecule has 2 aliphatic heterocycles. The van der Waals surface area contributed by atoms with Crippen molar-refractivity contribution in [3.05, 3.63) is 57.5 Å². The first kappa shape index (κ1) is 19.5. The molecular weight excluding hydrogens is 462 g/mol. The van der Waals surface area contributed by atoms with Crippen molar-refractivity contribution in [3.8, 4) is 5.75 Å². The number of nitrogens with zero attached hydrogens (tertiary/aromatic N) is 1. The van der Waals surface area contributed by atoms with Crippen LogP contribution in [0.2, 0.25) is 5.02 Å². The van der Waals surface area contributed by atoms with Gasteiger partial charge in [0, 0.05) is 27.3 Å². The lowest BCUT2D eigenvalue weighted by atomic mass is 9.79. The lowest BCUT2D eigenvalue weighted by Gasteiger charge is -2.56. The fourth-order valence-corrected chi connectivity index (χ4v) is 4.97. The highest BCUT2D eigenvalue weighted by molar-refractivity contribution is 9.10. The van der Waals surface area contributed by atoms with Gasteiger partial charge in [0.05, 0.1) is 6.04 Å². The SMILES string of the molecule is CCN1C(=S)NC2c3cc(Br)ccc3OC1(C)C2C(=O)Nc1ccc(Cl)cc1. The van der Waals surface area contributed by atoms with Gasteiger partial charge in [0.25, 0.3) is 0 Å². The predicted octanol–water partition coefficient (Wildman–Crippen LogP) is 4.72. The number of rotatable bonds is 3. The number of carbonyl (C=O) groups is 1. The number of thiocarbonyl (C=S) groups is 1. The van der Waals surface area contributed by atoms with Gasteiger partial charge in [-0.1, -0.05) is 27.5 Å². The van der Waals surface area contributed by atoms with Crippen LogP contribution in [0, 0.1) is 5.92 Å². The maximum absolute atomic E-state index is 13.4. The van der Waals surface area contributed by atoms with E-state index in [9.17, 15) is 4.79 Å². The lowest BCUT2D eigenvalue weighted by molar-refractivity contribution is -0.148. The molecule has 3 unspecified atom stereocenters. The number of amides is 1. The van der Waals surface area contributed by atoms with Crippen LogP contribution in [0.5, 0.6) is 5.75 Å². The van der Waals surface area contributed by atoms with E-state index in [-0.39, 0.29) is 11.9 Å². The van der Waals surface area contributed by atoms with E-state index in [4.69, 9.17) is 28.6 Å². The first-order valence-corrected chi connectivity index (χ1v) is 10.5. The van der Waals surface area contributed by atoms with Gasteiger partial charge < -0.3 is 20.3 Å². The highest BCUT2D eigenvalue weighted by atomic mass is 79.9. The summed E-state index contributed by atoms with van der Waals surface area (Å²) < 4.78 is 7.32. The molecule has 5 nitrogen and oxygen atoms in total. The minimum atomic E-state index is -0.904. The van der Waals surface area contributed by atoms with Crippen molar-refractivity contribution in [1.82, 2.24) is 10.2 Å². The van der Waals surface area contributed by atoms with Crippen LogP contribution < -0.4 is 15.4 Å². The van der Waals surface area contributed by atoms with Crippen molar-refractivity contribution < 1.29 is 9.53 Å². The summed E-state index contributed by atoms with van der Waals surface area (Å²) >= 11 is 15.0. The molecule has 0 aliphatic carbocycles. The number of benzene rings is 2. The zero-order valence-electron chi connectivity index (χ0n) is 15.3. The first-order valence-electron chi connectivity index (χ1n) is 8.96. The predicted molar refractivity (Wildman–Crippen MR) is 118 cm³/mol. The molecule has 4 rings (SSSR count). The second kappa shape index (κ2) is 7.21. The third kappa shape index (κ3) is 3.15. The molecule has 28 heavy (non-hydrogen) atoms. The molecule has 2 aliphatic rings. The number of carbonyl (C=O) groups excluding carboxylic acids is 1. The average molecular weight is 481 g/mol. The van der Waals surface area contributed by atoms with Crippen LogP contribution in [0.3, 0.4) is 0 Å². The summed E-state index contributed by atoms with van der Waals surface area (Å²) in [5.41, 5.74) is 0.682. The van der Waals surface area contributed by atoms with E-state index >= 15 is 0 Å². The average Bonchev–Trinajstić information content (AvgIpc) is 2.64. The van der Waals surface area contributed by atoms with Crippen molar-refractivity contribution in [2.75, 3.05) is 11.9 Å². The van der Waals surface area contributed by atoms with Crippen LogP contribution in [0.15, 0.2) is 46.9 Å². The molecule has 0 spiro atoms. The van der Waals surface area contributed by atoms with E-state index < -0.39 is 11.6 Å². The zero-order valence-corrected chi connectivity index (χ0v) is 18.5. The van der Waals surface area contributed by atoms with Gasteiger partial charge in [0.1, 0.15) is 11.7 Å². The fourth-order valence-electron chi connectivity index (χ4n) is 4.03. The Morgan fingerprint density at radius 1 is 1.36 bits per heavy atom. The number of ether oxygens (including phenoxy) is 1. The van der Waals surface area contributed by atoms with E-state index in [0.29, 0.717) is 22.4 Å². The summed E-state index contributed by atoms with van der Waals surface area (Å²) in [6.07, 6.45) is 0. The second-order valence-corrected chi connectivity index (χ2v) is 8.72. The van der Waals surface area contributed by atoms with Gasteiger partial charge in [-0.25, -0.2) is 0 Å². The quantitative estimate of drug-likeness (QED) is 0.623. The van der Waals surface area contributed by atoms with Crippen LogP contribution in [-0.4, -0.2) is 28.2 Å². The Hall–Kier alpha value is -1.83. The van der Waals surface area contributed by atoms with Crippen molar-refractivity contribution in [2.45, 2.75) is 25.6 Å². The highest BCUT2D eigenvalue weighted by Crippen LogP contribution is 2.49. The van der Waals surface area contributed by atoms with Crippen LogP contribution in [0.4, 0.5) is 5.69 Å². The highest BCUT2D eigenvalue weighted by Gasteiger charge is 2.58. The molecule has 1 amide bonds. The molecule has 0 aromatic heterocycles. The van der Waals surface area contributed by atoms with Gasteiger partial charge in [-0.3, -0.25) is 4.79 Å². The van der Waals surface area contributed by atoms with Crippen molar-refractivity contribution >= 4 is 56.5 Å². The Balaban J connectivity index is 1.77. The molecular formula is C20H19BrClN3O2S. The molecule has 2 aromatic rings. The number of anilines is 1. The molecule has 2 bridgehead atoms. The molecule has 3 atom stereocenters. The number of nitrogens with one attached hydrogen (secondary N) is 2. The molecule has 0 radical (unpaired) electrons. The Morgan fingerprint density at radius 2 is 2.07 bits per heavy atom. The molecule has 0 saturated carbocycles. The Bertz CT molecular complexity index is 955. The van der Waals surface area contributed by atoms with Gasteiger partial charge in [-0.05, 0) is 68.5 Å². The van der Waals surface area contributed by atoms with Gasteiger partial charge in [-0.2, -0.15) is 0 Å². The normalized spacial score (nSPS) is 25.4. The van der Waals surface area contributed by atoms with E-state index in [1.807, 2.05) is 36.9 Å². The molecule has 146 valence electrons. The Labute approximate surface area is 182 Å².